The smallest absolute Gasteiger partial charge is 0.338 e. The van der Waals surface area contributed by atoms with Crippen LogP contribution in [0.2, 0.25) is 0 Å². The van der Waals surface area contributed by atoms with Crippen molar-refractivity contribution in [1.29, 1.82) is 0 Å². The summed E-state index contributed by atoms with van der Waals surface area (Å²) in [5.74, 6) is -1.16. The van der Waals surface area contributed by atoms with Crippen molar-refractivity contribution in [3.63, 3.8) is 0 Å². The number of carbonyl (C=O) groups is 2. The second-order valence-corrected chi connectivity index (χ2v) is 7.71. The number of hydrogen-bond donors (Lipinski definition) is 2. The molecule has 0 bridgehead atoms. The van der Waals surface area contributed by atoms with E-state index in [1.807, 2.05) is 0 Å². The summed E-state index contributed by atoms with van der Waals surface area (Å²) in [5, 5.41) is 0. The molecule has 0 fully saturated rings. The van der Waals surface area contributed by atoms with Crippen LogP contribution in [0.1, 0.15) is 31.8 Å². The molecular formula is C15H16N2O5S2. The quantitative estimate of drug-likeness (QED) is 0.758. The number of nitrogens with two attached hydrogens (primary N) is 1. The van der Waals surface area contributed by atoms with Crippen LogP contribution in [-0.4, -0.2) is 26.9 Å². The van der Waals surface area contributed by atoms with E-state index >= 15 is 0 Å². The molecule has 0 aliphatic carbocycles. The molecule has 0 atom stereocenters. The lowest BCUT2D eigenvalue weighted by atomic mass is 10.2. The molecule has 1 aromatic heterocycles. The van der Waals surface area contributed by atoms with Crippen molar-refractivity contribution in [2.45, 2.75) is 18.7 Å². The molecule has 3 N–H and O–H groups in total. The summed E-state index contributed by atoms with van der Waals surface area (Å²) < 4.78 is 32.1. The maximum absolute atomic E-state index is 12.4. The minimum Gasteiger partial charge on any atom is -0.462 e. The van der Waals surface area contributed by atoms with Gasteiger partial charge in [-0.25, -0.2) is 13.2 Å². The van der Waals surface area contributed by atoms with Crippen molar-refractivity contribution in [2.75, 3.05) is 11.3 Å². The summed E-state index contributed by atoms with van der Waals surface area (Å²) in [6, 6.07) is 7.09. The predicted octanol–water partition coefficient (Wildman–Crippen LogP) is 2.13. The molecular weight excluding hydrogens is 352 g/mol. The van der Waals surface area contributed by atoms with Gasteiger partial charge in [0.25, 0.3) is 15.9 Å². The molecule has 0 aliphatic heterocycles. The molecule has 0 saturated carbocycles. The maximum Gasteiger partial charge on any atom is 0.338 e. The molecule has 1 aromatic carbocycles. The van der Waals surface area contributed by atoms with E-state index in [4.69, 9.17) is 10.5 Å². The fourth-order valence-corrected chi connectivity index (χ4v) is 4.46. The highest BCUT2D eigenvalue weighted by atomic mass is 32.2. The second-order valence-electron chi connectivity index (χ2n) is 4.80. The number of aryl methyl sites for hydroxylation is 1. The van der Waals surface area contributed by atoms with E-state index in [0.29, 0.717) is 10.4 Å². The number of nitrogens with one attached hydrogen (secondary N) is 1. The van der Waals surface area contributed by atoms with Gasteiger partial charge in [-0.1, -0.05) is 0 Å². The van der Waals surface area contributed by atoms with E-state index in [2.05, 4.69) is 4.72 Å². The van der Waals surface area contributed by atoms with E-state index < -0.39 is 21.9 Å². The molecule has 0 saturated heterocycles. The van der Waals surface area contributed by atoms with Crippen molar-refractivity contribution in [1.82, 2.24) is 0 Å². The zero-order valence-electron chi connectivity index (χ0n) is 13.0. The Labute approximate surface area is 143 Å². The van der Waals surface area contributed by atoms with Crippen molar-refractivity contribution in [3.8, 4) is 0 Å². The Morgan fingerprint density at radius 1 is 1.25 bits per heavy atom. The minimum absolute atomic E-state index is 0.00392. The van der Waals surface area contributed by atoms with Crippen molar-refractivity contribution < 1.29 is 22.7 Å². The van der Waals surface area contributed by atoms with E-state index in [0.717, 1.165) is 11.3 Å². The number of amides is 1. The van der Waals surface area contributed by atoms with Gasteiger partial charge in [0.2, 0.25) is 0 Å². The lowest BCUT2D eigenvalue weighted by molar-refractivity contribution is 0.0526. The molecule has 24 heavy (non-hydrogen) atoms. The summed E-state index contributed by atoms with van der Waals surface area (Å²) in [4.78, 5) is 23.4. The van der Waals surface area contributed by atoms with Crippen LogP contribution in [0, 0.1) is 6.92 Å². The van der Waals surface area contributed by atoms with E-state index in [-0.39, 0.29) is 22.1 Å². The van der Waals surface area contributed by atoms with Gasteiger partial charge < -0.3 is 10.5 Å². The first kappa shape index (κ1) is 18.0. The standard InChI is InChI=1S/C15H16N2O5S2/c1-3-22-15(19)10-4-6-11(7-5-10)17-24(20,21)13-8-12(14(16)18)23-9(13)2/h4-8,17H,3H2,1-2H3,(H2,16,18). The largest absolute Gasteiger partial charge is 0.462 e. The van der Waals surface area contributed by atoms with Gasteiger partial charge in [0.05, 0.1) is 17.0 Å². The molecule has 7 nitrogen and oxygen atoms in total. The number of hydrogen-bond acceptors (Lipinski definition) is 6. The predicted molar refractivity (Wildman–Crippen MR) is 90.8 cm³/mol. The number of primary amides is 1. The third kappa shape index (κ3) is 3.92. The lowest BCUT2D eigenvalue weighted by Gasteiger charge is -2.08. The SMILES string of the molecule is CCOC(=O)c1ccc(NS(=O)(=O)c2cc(C(N)=O)sc2C)cc1. The molecule has 2 rings (SSSR count). The second kappa shape index (κ2) is 7.02. The Kier molecular flexibility index (Phi) is 5.25. The summed E-state index contributed by atoms with van der Waals surface area (Å²) in [5.41, 5.74) is 5.78. The number of sulfonamides is 1. The van der Waals surface area contributed by atoms with Gasteiger partial charge in [-0.15, -0.1) is 11.3 Å². The van der Waals surface area contributed by atoms with Crippen LogP contribution in [-0.2, 0) is 14.8 Å². The normalized spacial score (nSPS) is 11.1. The first-order valence-corrected chi connectivity index (χ1v) is 9.25. The average molecular weight is 368 g/mol. The van der Waals surface area contributed by atoms with Crippen LogP contribution in [0.5, 0.6) is 0 Å². The van der Waals surface area contributed by atoms with E-state index in [9.17, 15) is 18.0 Å². The third-order valence-electron chi connectivity index (χ3n) is 3.05. The van der Waals surface area contributed by atoms with Crippen LogP contribution in [0.3, 0.4) is 0 Å². The summed E-state index contributed by atoms with van der Waals surface area (Å²) in [6.07, 6.45) is 0. The number of rotatable bonds is 6. The number of ether oxygens (including phenoxy) is 1. The van der Waals surface area contributed by atoms with Crippen molar-refractivity contribution in [3.05, 3.63) is 45.6 Å². The monoisotopic (exact) mass is 368 g/mol. The number of benzene rings is 1. The molecule has 0 aliphatic rings. The zero-order valence-corrected chi connectivity index (χ0v) is 14.7. The van der Waals surface area contributed by atoms with E-state index in [1.165, 1.54) is 30.3 Å². The minimum atomic E-state index is -3.86. The topological polar surface area (TPSA) is 116 Å². The molecule has 2 aromatic rings. The molecule has 0 unspecified atom stereocenters. The highest BCUT2D eigenvalue weighted by molar-refractivity contribution is 7.93. The molecule has 0 radical (unpaired) electrons. The fourth-order valence-electron chi connectivity index (χ4n) is 1.95. The Morgan fingerprint density at radius 2 is 1.88 bits per heavy atom. The average Bonchev–Trinajstić information content (AvgIpc) is 2.91. The first-order valence-electron chi connectivity index (χ1n) is 6.95. The van der Waals surface area contributed by atoms with Crippen molar-refractivity contribution in [2.24, 2.45) is 5.73 Å². The highest BCUT2D eigenvalue weighted by Crippen LogP contribution is 2.27. The van der Waals surface area contributed by atoms with Gasteiger partial charge in [0.15, 0.2) is 0 Å². The Hall–Kier alpha value is -2.39. The zero-order chi connectivity index (χ0) is 17.9. The van der Waals surface area contributed by atoms with Gasteiger partial charge in [-0.05, 0) is 44.2 Å². The number of carbonyl (C=O) groups excluding carboxylic acids is 2. The Morgan fingerprint density at radius 3 is 2.38 bits per heavy atom. The molecule has 128 valence electrons. The summed E-state index contributed by atoms with van der Waals surface area (Å²) in [6.45, 7) is 3.55. The molecule has 1 amide bonds. The van der Waals surface area contributed by atoms with Gasteiger partial charge in [0, 0.05) is 10.6 Å². The first-order chi connectivity index (χ1) is 11.2. The lowest BCUT2D eigenvalue weighted by Crippen LogP contribution is -2.14. The van der Waals surface area contributed by atoms with Crippen LogP contribution in [0.25, 0.3) is 0 Å². The van der Waals surface area contributed by atoms with Gasteiger partial charge in [-0.2, -0.15) is 0 Å². The van der Waals surface area contributed by atoms with Crippen LogP contribution in [0.4, 0.5) is 5.69 Å². The van der Waals surface area contributed by atoms with Crippen molar-refractivity contribution >= 4 is 38.9 Å². The van der Waals surface area contributed by atoms with Crippen LogP contribution >= 0.6 is 11.3 Å². The van der Waals surface area contributed by atoms with Gasteiger partial charge in [-0.3, -0.25) is 9.52 Å². The summed E-state index contributed by atoms with van der Waals surface area (Å²) >= 11 is 1.02. The van der Waals surface area contributed by atoms with Crippen LogP contribution < -0.4 is 10.5 Å². The third-order valence-corrected chi connectivity index (χ3v) is 5.75. The molecule has 9 heteroatoms. The van der Waals surface area contributed by atoms with E-state index in [1.54, 1.807) is 13.8 Å². The number of anilines is 1. The Balaban J connectivity index is 2.23. The van der Waals surface area contributed by atoms with Gasteiger partial charge >= 0.3 is 5.97 Å². The Bertz CT molecular complexity index is 870. The van der Waals surface area contributed by atoms with Gasteiger partial charge in [0.1, 0.15) is 4.90 Å². The van der Waals surface area contributed by atoms with Crippen LogP contribution in [0.15, 0.2) is 35.2 Å². The maximum atomic E-state index is 12.4. The summed E-state index contributed by atoms with van der Waals surface area (Å²) in [7, 11) is -3.86. The number of thiophene rings is 1. The molecule has 0 spiro atoms. The number of esters is 1. The molecule has 1 heterocycles. The fraction of sp³-hybridized carbons (Fsp3) is 0.200. The highest BCUT2D eigenvalue weighted by Gasteiger charge is 2.21.